The number of hydroxylamine groups is 1. The number of rotatable bonds is 10. The van der Waals surface area contributed by atoms with Crippen LogP contribution in [0, 0.1) is 0 Å². The van der Waals surface area contributed by atoms with E-state index in [-0.39, 0.29) is 11.0 Å². The van der Waals surface area contributed by atoms with Crippen molar-refractivity contribution in [3.8, 4) is 23.0 Å². The Hall–Kier alpha value is -2.98. The lowest BCUT2D eigenvalue weighted by atomic mass is 10.1. The molecule has 0 bridgehead atoms. The van der Waals surface area contributed by atoms with E-state index in [2.05, 4.69) is 0 Å². The average molecular weight is 580 g/mol. The van der Waals surface area contributed by atoms with E-state index in [9.17, 15) is 13.2 Å². The molecule has 0 spiro atoms. The number of carbonyl (C=O) groups excluding carboxylic acids is 1. The molecule has 38 heavy (non-hydrogen) atoms. The molecule has 3 aromatic rings. The number of amides is 1. The van der Waals surface area contributed by atoms with Gasteiger partial charge in [-0.2, -0.15) is 0 Å². The number of carbonyl (C=O) groups is 1. The number of sulfone groups is 1. The predicted octanol–water partition coefficient (Wildman–Crippen LogP) is 6.53. The first-order chi connectivity index (χ1) is 18.2. The third-order valence-corrected chi connectivity index (χ3v) is 9.12. The largest absolute Gasteiger partial charge is 0.493 e. The molecule has 1 aliphatic rings. The Morgan fingerprint density at radius 2 is 1.74 bits per heavy atom. The number of methoxy groups -OCH3 is 1. The molecule has 0 aliphatic heterocycles. The van der Waals surface area contributed by atoms with Gasteiger partial charge in [0.25, 0.3) is 0 Å². The summed E-state index contributed by atoms with van der Waals surface area (Å²) in [5.41, 5.74) is 1.82. The number of ether oxygens (including phenoxy) is 3. The summed E-state index contributed by atoms with van der Waals surface area (Å²) in [4.78, 5) is 12.1. The van der Waals surface area contributed by atoms with Crippen molar-refractivity contribution in [2.75, 3.05) is 7.11 Å². The Morgan fingerprint density at radius 1 is 1.00 bits per heavy atom. The number of hydrogen-bond donors (Lipinski definition) is 2. The molecule has 1 amide bonds. The molecule has 202 valence electrons. The topological polar surface area (TPSA) is 111 Å². The van der Waals surface area contributed by atoms with Gasteiger partial charge in [-0.1, -0.05) is 35.3 Å². The van der Waals surface area contributed by atoms with Crippen LogP contribution in [0.1, 0.15) is 42.9 Å². The van der Waals surface area contributed by atoms with Crippen LogP contribution in [0.2, 0.25) is 10.0 Å². The van der Waals surface area contributed by atoms with Crippen molar-refractivity contribution in [1.82, 2.24) is 5.48 Å². The van der Waals surface area contributed by atoms with E-state index in [0.29, 0.717) is 38.6 Å². The molecule has 0 heterocycles. The molecule has 8 nitrogen and oxygen atoms in total. The van der Waals surface area contributed by atoms with Gasteiger partial charge in [-0.15, -0.1) is 0 Å². The van der Waals surface area contributed by atoms with Gasteiger partial charge in [0, 0.05) is 18.6 Å². The van der Waals surface area contributed by atoms with Crippen LogP contribution in [-0.2, 0) is 14.6 Å². The molecule has 1 atom stereocenters. The van der Waals surface area contributed by atoms with E-state index in [1.54, 1.807) is 30.3 Å². The highest BCUT2D eigenvalue weighted by Gasteiger charge is 2.33. The normalized spacial score (nSPS) is 14.6. The van der Waals surface area contributed by atoms with Gasteiger partial charge in [0.1, 0.15) is 11.5 Å². The molecule has 1 fully saturated rings. The van der Waals surface area contributed by atoms with E-state index in [4.69, 9.17) is 42.6 Å². The van der Waals surface area contributed by atoms with Crippen LogP contribution in [0.3, 0.4) is 0 Å². The van der Waals surface area contributed by atoms with Crippen molar-refractivity contribution in [1.29, 1.82) is 0 Å². The molecule has 2 N–H and O–H groups in total. The second-order valence-electron chi connectivity index (χ2n) is 8.86. The Morgan fingerprint density at radius 3 is 2.42 bits per heavy atom. The number of nitrogens with one attached hydrogen (secondary N) is 1. The van der Waals surface area contributed by atoms with Gasteiger partial charge in [-0.25, -0.2) is 13.9 Å². The summed E-state index contributed by atoms with van der Waals surface area (Å²) in [6.45, 7) is 0. The first-order valence-corrected chi connectivity index (χ1v) is 14.3. The fourth-order valence-corrected chi connectivity index (χ4v) is 6.37. The second-order valence-corrected chi connectivity index (χ2v) is 11.8. The van der Waals surface area contributed by atoms with Gasteiger partial charge in [0.2, 0.25) is 5.91 Å². The second kappa shape index (κ2) is 12.3. The van der Waals surface area contributed by atoms with Crippen LogP contribution in [0.5, 0.6) is 23.0 Å². The third kappa shape index (κ3) is 6.53. The van der Waals surface area contributed by atoms with Crippen LogP contribution in [0.15, 0.2) is 65.6 Å². The van der Waals surface area contributed by atoms with Gasteiger partial charge in [-0.05, 0) is 67.6 Å². The molecule has 3 aromatic carbocycles. The highest BCUT2D eigenvalue weighted by atomic mass is 35.5. The Bertz CT molecular complexity index is 1410. The highest BCUT2D eigenvalue weighted by Crippen LogP contribution is 2.39. The molecule has 0 radical (unpaired) electrons. The Labute approximate surface area is 231 Å². The van der Waals surface area contributed by atoms with Crippen molar-refractivity contribution in [3.05, 3.63) is 76.3 Å². The molecule has 0 unspecified atom stereocenters. The molecular weight excluding hydrogens is 553 g/mol. The minimum Gasteiger partial charge on any atom is -0.493 e. The number of hydrogen-bond acceptors (Lipinski definition) is 7. The van der Waals surface area contributed by atoms with Gasteiger partial charge in [0.15, 0.2) is 21.3 Å². The SMILES string of the molecule is COc1ccc(S(=O)(=O)[C@@H](CC(=O)NO)c2cccc(Oc3ccc(Cl)c(Cl)c3)c2)cc1OC1CCCC1. The monoisotopic (exact) mass is 579 g/mol. The van der Waals surface area contributed by atoms with E-state index in [1.807, 2.05) is 0 Å². The Balaban J connectivity index is 1.69. The lowest BCUT2D eigenvalue weighted by molar-refractivity contribution is -0.129. The number of benzene rings is 3. The van der Waals surface area contributed by atoms with Crippen molar-refractivity contribution < 1.29 is 32.6 Å². The van der Waals surface area contributed by atoms with Crippen molar-refractivity contribution >= 4 is 38.9 Å². The fraction of sp³-hybridized carbons (Fsp3) is 0.296. The fourth-order valence-electron chi connectivity index (χ4n) is 4.35. The summed E-state index contributed by atoms with van der Waals surface area (Å²) < 4.78 is 45.1. The summed E-state index contributed by atoms with van der Waals surface area (Å²) in [5, 5.41) is 8.49. The van der Waals surface area contributed by atoms with Crippen LogP contribution in [0.25, 0.3) is 0 Å². The smallest absolute Gasteiger partial charge is 0.244 e. The maximum Gasteiger partial charge on any atom is 0.244 e. The molecular formula is C27H27Cl2NO7S. The molecule has 1 aliphatic carbocycles. The van der Waals surface area contributed by atoms with Crippen molar-refractivity contribution in [2.24, 2.45) is 0 Å². The average Bonchev–Trinajstić information content (AvgIpc) is 3.42. The molecule has 1 saturated carbocycles. The molecule has 11 heteroatoms. The lowest BCUT2D eigenvalue weighted by Gasteiger charge is -2.20. The first kappa shape index (κ1) is 28.0. The van der Waals surface area contributed by atoms with Gasteiger partial charge < -0.3 is 14.2 Å². The van der Waals surface area contributed by atoms with Crippen LogP contribution in [0.4, 0.5) is 0 Å². The van der Waals surface area contributed by atoms with Crippen LogP contribution >= 0.6 is 23.2 Å². The minimum atomic E-state index is -4.14. The van der Waals surface area contributed by atoms with Gasteiger partial charge >= 0.3 is 0 Å². The van der Waals surface area contributed by atoms with Crippen molar-refractivity contribution in [2.45, 2.75) is 48.4 Å². The first-order valence-electron chi connectivity index (χ1n) is 12.0. The zero-order valence-electron chi connectivity index (χ0n) is 20.5. The highest BCUT2D eigenvalue weighted by molar-refractivity contribution is 7.91. The zero-order valence-corrected chi connectivity index (χ0v) is 22.9. The van der Waals surface area contributed by atoms with E-state index < -0.39 is 27.4 Å². The summed E-state index contributed by atoms with van der Waals surface area (Å²) >= 11 is 12.0. The maximum absolute atomic E-state index is 13.9. The zero-order chi connectivity index (χ0) is 27.3. The summed E-state index contributed by atoms with van der Waals surface area (Å²) in [7, 11) is -2.66. The summed E-state index contributed by atoms with van der Waals surface area (Å²) in [6, 6.07) is 15.5. The Kier molecular flexibility index (Phi) is 9.04. The van der Waals surface area contributed by atoms with E-state index in [1.165, 1.54) is 42.9 Å². The number of halogens is 2. The molecule has 0 aromatic heterocycles. The molecule has 4 rings (SSSR count). The summed E-state index contributed by atoms with van der Waals surface area (Å²) in [6.07, 6.45) is 3.30. The van der Waals surface area contributed by atoms with Gasteiger partial charge in [0.05, 0.1) is 33.4 Å². The quantitative estimate of drug-likeness (QED) is 0.207. The van der Waals surface area contributed by atoms with Crippen LogP contribution in [-0.4, -0.2) is 32.7 Å². The van der Waals surface area contributed by atoms with Crippen molar-refractivity contribution in [3.63, 3.8) is 0 Å². The lowest BCUT2D eigenvalue weighted by Crippen LogP contribution is -2.25. The van der Waals surface area contributed by atoms with Crippen LogP contribution < -0.4 is 19.7 Å². The maximum atomic E-state index is 13.9. The standard InChI is InChI=1S/C27H27Cl2NO7S/c1-35-24-12-10-21(15-25(24)37-18-6-2-3-7-18)38(33,34)26(16-27(31)30-32)17-5-4-8-19(13-17)36-20-9-11-22(28)23(29)14-20/h4-5,8-15,18,26,32H,2-3,6-7,16H2,1H3,(H,30,31)/t26-/m0/s1. The van der Waals surface area contributed by atoms with Gasteiger partial charge in [-0.3, -0.25) is 10.0 Å². The summed E-state index contributed by atoms with van der Waals surface area (Å²) in [5.74, 6) is 0.601. The third-order valence-electron chi connectivity index (χ3n) is 6.29. The molecule has 0 saturated heterocycles. The minimum absolute atomic E-state index is 0.0204. The predicted molar refractivity (Wildman–Crippen MR) is 143 cm³/mol. The van der Waals surface area contributed by atoms with E-state index >= 15 is 0 Å². The van der Waals surface area contributed by atoms with E-state index in [0.717, 1.165) is 25.7 Å².